The Morgan fingerprint density at radius 1 is 1.50 bits per heavy atom. The summed E-state index contributed by atoms with van der Waals surface area (Å²) in [7, 11) is 1.66. The van der Waals surface area contributed by atoms with Gasteiger partial charge in [-0.05, 0) is 29.8 Å². The number of nitrogens with zero attached hydrogens (tertiary/aromatic N) is 2. The second kappa shape index (κ2) is 6.26. The van der Waals surface area contributed by atoms with Gasteiger partial charge in [-0.3, -0.25) is 10.4 Å². The van der Waals surface area contributed by atoms with E-state index in [-0.39, 0.29) is 0 Å². The SMILES string of the molecule is C=CCN=C1NN=C(c2ccc(OC)cc2)CS1. The molecule has 5 heteroatoms. The minimum Gasteiger partial charge on any atom is -0.497 e. The lowest BCUT2D eigenvalue weighted by molar-refractivity contribution is 0.415. The second-order valence-corrected chi connectivity index (χ2v) is 4.59. The van der Waals surface area contributed by atoms with E-state index in [0.29, 0.717) is 6.54 Å². The summed E-state index contributed by atoms with van der Waals surface area (Å²) in [6.45, 7) is 4.25. The van der Waals surface area contributed by atoms with Crippen molar-refractivity contribution in [2.45, 2.75) is 0 Å². The maximum absolute atomic E-state index is 5.13. The number of thioether (sulfide) groups is 1. The van der Waals surface area contributed by atoms with E-state index < -0.39 is 0 Å². The van der Waals surface area contributed by atoms with Crippen molar-refractivity contribution in [1.82, 2.24) is 5.43 Å². The van der Waals surface area contributed by atoms with Gasteiger partial charge in [0, 0.05) is 5.75 Å². The van der Waals surface area contributed by atoms with Crippen LogP contribution in [0.2, 0.25) is 0 Å². The normalized spacial score (nSPS) is 16.9. The predicted molar refractivity (Wildman–Crippen MR) is 77.6 cm³/mol. The van der Waals surface area contributed by atoms with Crippen LogP contribution >= 0.6 is 11.8 Å². The van der Waals surface area contributed by atoms with Gasteiger partial charge >= 0.3 is 0 Å². The number of hydrogen-bond donors (Lipinski definition) is 1. The molecule has 0 fully saturated rings. The van der Waals surface area contributed by atoms with Gasteiger partial charge in [-0.25, -0.2) is 0 Å². The molecular weight excluding hydrogens is 246 g/mol. The molecule has 1 aromatic rings. The standard InChI is InChI=1S/C13H15N3OS/c1-3-8-14-13-16-15-12(9-18-13)10-4-6-11(17-2)7-5-10/h3-7H,1,8-9H2,2H3,(H,14,16). The molecule has 0 atom stereocenters. The second-order valence-electron chi connectivity index (χ2n) is 3.62. The molecule has 0 amide bonds. The van der Waals surface area contributed by atoms with E-state index in [1.807, 2.05) is 24.3 Å². The summed E-state index contributed by atoms with van der Waals surface area (Å²) in [6.07, 6.45) is 1.76. The lowest BCUT2D eigenvalue weighted by Crippen LogP contribution is -2.25. The smallest absolute Gasteiger partial charge is 0.177 e. The maximum Gasteiger partial charge on any atom is 0.177 e. The minimum absolute atomic E-state index is 0.614. The Balaban J connectivity index is 2.06. The van der Waals surface area contributed by atoms with Gasteiger partial charge in [-0.1, -0.05) is 17.8 Å². The number of amidine groups is 1. The summed E-state index contributed by atoms with van der Waals surface area (Å²) >= 11 is 1.65. The average molecular weight is 261 g/mol. The van der Waals surface area contributed by atoms with Gasteiger partial charge in [-0.15, -0.1) is 6.58 Å². The van der Waals surface area contributed by atoms with Crippen LogP contribution in [0.25, 0.3) is 0 Å². The Morgan fingerprint density at radius 2 is 2.28 bits per heavy atom. The van der Waals surface area contributed by atoms with Crippen LogP contribution in [-0.4, -0.2) is 30.3 Å². The monoisotopic (exact) mass is 261 g/mol. The highest BCUT2D eigenvalue weighted by Gasteiger charge is 2.12. The van der Waals surface area contributed by atoms with E-state index in [4.69, 9.17) is 4.74 Å². The Labute approximate surface area is 111 Å². The summed E-state index contributed by atoms with van der Waals surface area (Å²) in [5, 5.41) is 5.17. The van der Waals surface area contributed by atoms with Gasteiger partial charge < -0.3 is 4.74 Å². The van der Waals surface area contributed by atoms with Gasteiger partial charge in [0.15, 0.2) is 5.17 Å². The van der Waals surface area contributed by atoms with Crippen LogP contribution in [0.1, 0.15) is 5.56 Å². The highest BCUT2D eigenvalue weighted by molar-refractivity contribution is 8.14. The molecule has 0 bridgehead atoms. The lowest BCUT2D eigenvalue weighted by Gasteiger charge is -2.14. The first-order valence-corrected chi connectivity index (χ1v) is 6.57. The van der Waals surface area contributed by atoms with Crippen molar-refractivity contribution < 1.29 is 4.74 Å². The van der Waals surface area contributed by atoms with Gasteiger partial charge in [0.25, 0.3) is 0 Å². The molecule has 1 heterocycles. The number of nitrogens with one attached hydrogen (secondary N) is 1. The van der Waals surface area contributed by atoms with E-state index in [2.05, 4.69) is 22.1 Å². The highest BCUT2D eigenvalue weighted by Crippen LogP contribution is 2.16. The van der Waals surface area contributed by atoms with Crippen molar-refractivity contribution in [2.24, 2.45) is 10.1 Å². The van der Waals surface area contributed by atoms with Crippen LogP contribution in [0.5, 0.6) is 5.75 Å². The number of methoxy groups -OCH3 is 1. The summed E-state index contributed by atoms with van der Waals surface area (Å²) in [6, 6.07) is 7.88. The van der Waals surface area contributed by atoms with Gasteiger partial charge in [0.05, 0.1) is 19.4 Å². The molecule has 1 aromatic carbocycles. The van der Waals surface area contributed by atoms with E-state index in [1.54, 1.807) is 24.9 Å². The number of ether oxygens (including phenoxy) is 1. The molecule has 0 aliphatic carbocycles. The summed E-state index contributed by atoms with van der Waals surface area (Å²) in [4.78, 5) is 4.28. The third-order valence-electron chi connectivity index (χ3n) is 2.42. The molecule has 0 aromatic heterocycles. The van der Waals surface area contributed by atoms with E-state index in [1.165, 1.54) is 0 Å². The van der Waals surface area contributed by atoms with Crippen molar-refractivity contribution in [3.8, 4) is 5.75 Å². The molecule has 18 heavy (non-hydrogen) atoms. The molecule has 1 N–H and O–H groups in total. The third kappa shape index (κ3) is 3.13. The molecular formula is C13H15N3OS. The zero-order valence-electron chi connectivity index (χ0n) is 10.2. The highest BCUT2D eigenvalue weighted by atomic mass is 32.2. The van der Waals surface area contributed by atoms with Crippen LogP contribution < -0.4 is 10.2 Å². The summed E-state index contributed by atoms with van der Waals surface area (Å²) < 4.78 is 5.13. The van der Waals surface area contributed by atoms with E-state index >= 15 is 0 Å². The maximum atomic E-state index is 5.13. The zero-order valence-corrected chi connectivity index (χ0v) is 11.0. The van der Waals surface area contributed by atoms with Gasteiger partial charge in [0.2, 0.25) is 0 Å². The molecule has 1 aliphatic rings. The number of benzene rings is 1. The van der Waals surface area contributed by atoms with Gasteiger partial charge in [0.1, 0.15) is 5.75 Å². The molecule has 0 saturated heterocycles. The molecule has 4 nitrogen and oxygen atoms in total. The van der Waals surface area contributed by atoms with Crippen LogP contribution in [0.4, 0.5) is 0 Å². The minimum atomic E-state index is 0.614. The Bertz CT molecular complexity index is 480. The first-order valence-electron chi connectivity index (χ1n) is 5.58. The quantitative estimate of drug-likeness (QED) is 0.846. The van der Waals surface area contributed by atoms with Crippen molar-refractivity contribution in [2.75, 3.05) is 19.4 Å². The molecule has 0 saturated carbocycles. The largest absolute Gasteiger partial charge is 0.497 e. The summed E-state index contributed by atoms with van der Waals surface area (Å²) in [5.41, 5.74) is 5.06. The van der Waals surface area contributed by atoms with Crippen LogP contribution in [-0.2, 0) is 0 Å². The Morgan fingerprint density at radius 3 is 2.83 bits per heavy atom. The molecule has 94 valence electrons. The van der Waals surface area contributed by atoms with Crippen LogP contribution in [0.3, 0.4) is 0 Å². The molecule has 0 unspecified atom stereocenters. The Hall–Kier alpha value is -1.75. The first kappa shape index (κ1) is 12.7. The van der Waals surface area contributed by atoms with E-state index in [9.17, 15) is 0 Å². The Kier molecular flexibility index (Phi) is 4.41. The lowest BCUT2D eigenvalue weighted by atomic mass is 10.1. The summed E-state index contributed by atoms with van der Waals surface area (Å²) in [5.74, 6) is 1.67. The topological polar surface area (TPSA) is 46.0 Å². The third-order valence-corrected chi connectivity index (χ3v) is 3.33. The fourth-order valence-electron chi connectivity index (χ4n) is 1.48. The van der Waals surface area contributed by atoms with Crippen molar-refractivity contribution in [3.63, 3.8) is 0 Å². The predicted octanol–water partition coefficient (Wildman–Crippen LogP) is 2.28. The van der Waals surface area contributed by atoms with Crippen molar-refractivity contribution in [1.29, 1.82) is 0 Å². The zero-order chi connectivity index (χ0) is 12.8. The fraction of sp³-hybridized carbons (Fsp3) is 0.231. The molecule has 0 spiro atoms. The first-order chi connectivity index (χ1) is 8.83. The molecule has 1 aliphatic heterocycles. The average Bonchev–Trinajstić information content (AvgIpc) is 2.46. The molecule has 0 radical (unpaired) electrons. The number of rotatable bonds is 4. The number of aliphatic imine (C=N–C) groups is 1. The fourth-order valence-corrected chi connectivity index (χ4v) is 2.26. The van der Waals surface area contributed by atoms with Crippen molar-refractivity contribution in [3.05, 3.63) is 42.5 Å². The van der Waals surface area contributed by atoms with Crippen LogP contribution in [0, 0.1) is 0 Å². The molecule has 2 rings (SSSR count). The van der Waals surface area contributed by atoms with E-state index in [0.717, 1.165) is 27.9 Å². The van der Waals surface area contributed by atoms with Crippen LogP contribution in [0.15, 0.2) is 47.0 Å². The van der Waals surface area contributed by atoms with Crippen molar-refractivity contribution >= 4 is 22.6 Å². The van der Waals surface area contributed by atoms with Gasteiger partial charge in [-0.2, -0.15) is 5.10 Å². The number of hydrogen-bond acceptors (Lipinski definition) is 4. The number of hydrazone groups is 1.